The molecule has 1 unspecified atom stereocenters. The summed E-state index contributed by atoms with van der Waals surface area (Å²) in [5, 5.41) is 13.3. The number of carbonyl (C=O) groups excluding carboxylic acids is 2. The Labute approximate surface area is 186 Å². The highest BCUT2D eigenvalue weighted by atomic mass is 35.5. The predicted molar refractivity (Wildman–Crippen MR) is 124 cm³/mol. The zero-order chi connectivity index (χ0) is 21.5. The van der Waals surface area contributed by atoms with Gasteiger partial charge in [0.05, 0.1) is 23.3 Å². The third-order valence-corrected chi connectivity index (χ3v) is 6.23. The van der Waals surface area contributed by atoms with Gasteiger partial charge in [0.2, 0.25) is 5.91 Å². The van der Waals surface area contributed by atoms with Crippen molar-refractivity contribution in [3.8, 4) is 0 Å². The van der Waals surface area contributed by atoms with Gasteiger partial charge >= 0.3 is 6.03 Å². The van der Waals surface area contributed by atoms with Gasteiger partial charge in [0.15, 0.2) is 0 Å². The smallest absolute Gasteiger partial charge is 0.319 e. The quantitative estimate of drug-likeness (QED) is 0.576. The molecule has 3 N–H and O–H groups in total. The van der Waals surface area contributed by atoms with E-state index >= 15 is 0 Å². The molecule has 0 bridgehead atoms. The largest absolute Gasteiger partial charge is 0.359 e. The first-order valence-corrected chi connectivity index (χ1v) is 11.5. The molecule has 3 rings (SSSR count). The molecular formula is C21H28ClN5O2S. The van der Waals surface area contributed by atoms with Crippen LogP contribution in [0.1, 0.15) is 25.5 Å². The first-order valence-electron chi connectivity index (χ1n) is 10.1. The number of hydrogen-bond donors (Lipinski definition) is 3. The fourth-order valence-corrected chi connectivity index (χ4v) is 4.64. The molecule has 1 aromatic carbocycles. The molecule has 3 amide bonds. The van der Waals surface area contributed by atoms with Gasteiger partial charge < -0.3 is 20.9 Å². The summed E-state index contributed by atoms with van der Waals surface area (Å²) in [4.78, 5) is 28.3. The monoisotopic (exact) mass is 449 g/mol. The summed E-state index contributed by atoms with van der Waals surface area (Å²) >= 11 is 8.08. The molecule has 1 aliphatic rings. The minimum absolute atomic E-state index is 0.0210. The van der Waals surface area contributed by atoms with Gasteiger partial charge in [-0.2, -0.15) is 11.3 Å². The van der Waals surface area contributed by atoms with Crippen LogP contribution in [0, 0.1) is 0 Å². The Morgan fingerprint density at radius 1 is 1.33 bits per heavy atom. The van der Waals surface area contributed by atoms with Crippen LogP contribution in [0.15, 0.2) is 35.0 Å². The molecule has 30 heavy (non-hydrogen) atoms. The van der Waals surface area contributed by atoms with Crippen molar-refractivity contribution in [2.24, 2.45) is 0 Å². The number of rotatable bonds is 8. The van der Waals surface area contributed by atoms with Crippen LogP contribution in [0.2, 0.25) is 5.02 Å². The minimum atomic E-state index is -0.274. The topological polar surface area (TPSA) is 76.7 Å². The van der Waals surface area contributed by atoms with Crippen LogP contribution in [-0.2, 0) is 4.79 Å². The second-order valence-electron chi connectivity index (χ2n) is 7.07. The second kappa shape index (κ2) is 10.7. The highest BCUT2D eigenvalue weighted by Gasteiger charge is 2.20. The highest BCUT2D eigenvalue weighted by molar-refractivity contribution is 7.08. The van der Waals surface area contributed by atoms with Gasteiger partial charge in [-0.3, -0.25) is 9.69 Å². The minimum Gasteiger partial charge on any atom is -0.359 e. The van der Waals surface area contributed by atoms with Gasteiger partial charge in [-0.05, 0) is 53.7 Å². The second-order valence-corrected chi connectivity index (χ2v) is 8.25. The lowest BCUT2D eigenvalue weighted by Crippen LogP contribution is -2.47. The van der Waals surface area contributed by atoms with Gasteiger partial charge in [0, 0.05) is 25.3 Å². The fourth-order valence-electron chi connectivity index (χ4n) is 3.64. The van der Waals surface area contributed by atoms with E-state index in [1.165, 1.54) is 5.56 Å². The van der Waals surface area contributed by atoms with E-state index in [0.717, 1.165) is 18.8 Å². The van der Waals surface area contributed by atoms with E-state index in [-0.39, 0.29) is 24.5 Å². The lowest BCUT2D eigenvalue weighted by molar-refractivity contribution is -0.120. The Hall–Kier alpha value is -2.29. The summed E-state index contributed by atoms with van der Waals surface area (Å²) in [6.45, 7) is 8.15. The summed E-state index contributed by atoms with van der Waals surface area (Å²) in [6, 6.07) is 7.31. The summed E-state index contributed by atoms with van der Waals surface area (Å²) in [7, 11) is 0. The van der Waals surface area contributed by atoms with Crippen molar-refractivity contribution in [3.63, 3.8) is 0 Å². The summed E-state index contributed by atoms with van der Waals surface area (Å²) < 4.78 is 0. The number of likely N-dealkylation sites (N-methyl/N-ethyl adjacent to an activating group) is 1. The zero-order valence-corrected chi connectivity index (χ0v) is 18.9. The van der Waals surface area contributed by atoms with Crippen LogP contribution in [0.3, 0.4) is 0 Å². The maximum absolute atomic E-state index is 12.5. The Morgan fingerprint density at radius 3 is 2.77 bits per heavy atom. The van der Waals surface area contributed by atoms with E-state index in [1.807, 2.05) is 11.0 Å². The molecular weight excluding hydrogens is 422 g/mol. The number of anilines is 2. The number of nitrogens with zero attached hydrogens (tertiary/aromatic N) is 2. The molecule has 1 aliphatic heterocycles. The number of piperazine rings is 1. The normalized spacial score (nSPS) is 15.1. The maximum atomic E-state index is 12.5. The van der Waals surface area contributed by atoms with E-state index in [1.54, 1.807) is 23.5 Å². The number of nitrogens with one attached hydrogen (secondary N) is 3. The van der Waals surface area contributed by atoms with Crippen molar-refractivity contribution in [2.75, 3.05) is 49.5 Å². The first kappa shape index (κ1) is 22.4. The molecule has 1 atom stereocenters. The van der Waals surface area contributed by atoms with E-state index in [9.17, 15) is 9.59 Å². The zero-order valence-electron chi connectivity index (χ0n) is 17.3. The number of hydrogen-bond acceptors (Lipinski definition) is 5. The summed E-state index contributed by atoms with van der Waals surface area (Å²) in [5.41, 5.74) is 2.61. The number of thiophene rings is 1. The Kier molecular flexibility index (Phi) is 7.95. The van der Waals surface area contributed by atoms with Crippen LogP contribution in [-0.4, -0.2) is 56.1 Å². The van der Waals surface area contributed by atoms with Gasteiger partial charge in [-0.25, -0.2) is 4.79 Å². The van der Waals surface area contributed by atoms with Crippen LogP contribution < -0.4 is 20.9 Å². The summed E-state index contributed by atoms with van der Waals surface area (Å²) in [6.07, 6.45) is 0. The van der Waals surface area contributed by atoms with Crippen molar-refractivity contribution < 1.29 is 9.59 Å². The van der Waals surface area contributed by atoms with Crippen LogP contribution in [0.25, 0.3) is 0 Å². The standard InChI is InChI=1S/C21H28ClN5O2S/c1-3-26(4-2)19(15-7-10-30-14-15)12-24-21(29)25-16-5-6-18(17(22)11-16)27-9-8-23-20(28)13-27/h5-7,10-11,14,19H,3-4,8-9,12-13H2,1-2H3,(H,23,28)(H2,24,25,29). The molecule has 9 heteroatoms. The highest BCUT2D eigenvalue weighted by Crippen LogP contribution is 2.29. The van der Waals surface area contributed by atoms with Crippen molar-refractivity contribution in [2.45, 2.75) is 19.9 Å². The predicted octanol–water partition coefficient (Wildman–Crippen LogP) is 3.54. The molecule has 2 aromatic rings. The van der Waals surface area contributed by atoms with Crippen molar-refractivity contribution in [1.29, 1.82) is 0 Å². The lowest BCUT2D eigenvalue weighted by atomic mass is 10.1. The molecule has 0 spiro atoms. The number of urea groups is 1. The molecule has 1 fully saturated rings. The maximum Gasteiger partial charge on any atom is 0.319 e. The third kappa shape index (κ3) is 5.65. The molecule has 162 valence electrons. The van der Waals surface area contributed by atoms with Gasteiger partial charge in [0.25, 0.3) is 0 Å². The average Bonchev–Trinajstić information content (AvgIpc) is 3.25. The molecule has 0 radical (unpaired) electrons. The molecule has 2 heterocycles. The van der Waals surface area contributed by atoms with Crippen molar-refractivity contribution in [3.05, 3.63) is 45.6 Å². The van der Waals surface area contributed by atoms with Gasteiger partial charge in [0.1, 0.15) is 0 Å². The third-order valence-electron chi connectivity index (χ3n) is 5.22. The van der Waals surface area contributed by atoms with E-state index < -0.39 is 0 Å². The van der Waals surface area contributed by atoms with Crippen LogP contribution >= 0.6 is 22.9 Å². The van der Waals surface area contributed by atoms with Crippen LogP contribution in [0.5, 0.6) is 0 Å². The van der Waals surface area contributed by atoms with Gasteiger partial charge in [-0.1, -0.05) is 25.4 Å². The lowest BCUT2D eigenvalue weighted by Gasteiger charge is -2.30. The average molecular weight is 450 g/mol. The van der Waals surface area contributed by atoms with Crippen molar-refractivity contribution in [1.82, 2.24) is 15.5 Å². The van der Waals surface area contributed by atoms with Crippen LogP contribution in [0.4, 0.5) is 16.2 Å². The van der Waals surface area contributed by atoms with E-state index in [0.29, 0.717) is 30.3 Å². The molecule has 0 aliphatic carbocycles. The number of amides is 3. The van der Waals surface area contributed by atoms with Crippen molar-refractivity contribution >= 4 is 46.3 Å². The number of benzene rings is 1. The van der Waals surface area contributed by atoms with Gasteiger partial charge in [-0.15, -0.1) is 0 Å². The Balaban J connectivity index is 1.60. The molecule has 7 nitrogen and oxygen atoms in total. The summed E-state index contributed by atoms with van der Waals surface area (Å²) in [5.74, 6) is -0.0210. The number of halogens is 1. The first-order chi connectivity index (χ1) is 14.5. The molecule has 0 saturated carbocycles. The van der Waals surface area contributed by atoms with E-state index in [4.69, 9.17) is 11.6 Å². The molecule has 1 aromatic heterocycles. The SMILES string of the molecule is CCN(CC)C(CNC(=O)Nc1ccc(N2CCNC(=O)C2)c(Cl)c1)c1ccsc1. The molecule has 1 saturated heterocycles. The Bertz CT molecular complexity index is 857. The van der Waals surface area contributed by atoms with E-state index in [2.05, 4.69) is 51.5 Å². The Morgan fingerprint density at radius 2 is 2.13 bits per heavy atom. The fraction of sp³-hybridized carbons (Fsp3) is 0.429. The number of carbonyl (C=O) groups is 2.